The molecule has 0 radical (unpaired) electrons. The van der Waals surface area contributed by atoms with Gasteiger partial charge in [-0.15, -0.1) is 0 Å². The standard InChI is InChI=1S/C26H29FN4O3S/c1-16(2)15-34-24(32)22-17(3)28-26-31(12-5-13-35-26)23(22)18-8-10-20(11-9-18)29-25(33)30-21-7-4-6-19(27)14-21/h4,6-11,14,16,23H,5,12-13,15H2,1-3H3,(H2,29,30,33). The first-order valence-electron chi connectivity index (χ1n) is 11.6. The maximum atomic E-state index is 13.4. The Morgan fingerprint density at radius 1 is 1.17 bits per heavy atom. The van der Waals surface area contributed by atoms with Gasteiger partial charge in [-0.05, 0) is 55.2 Å². The third-order valence-electron chi connectivity index (χ3n) is 5.59. The number of nitrogens with zero attached hydrogens (tertiary/aromatic N) is 2. The average molecular weight is 497 g/mol. The van der Waals surface area contributed by atoms with Gasteiger partial charge in [-0.1, -0.05) is 43.8 Å². The predicted molar refractivity (Wildman–Crippen MR) is 138 cm³/mol. The maximum absolute atomic E-state index is 13.4. The van der Waals surface area contributed by atoms with Gasteiger partial charge in [-0.3, -0.25) is 0 Å². The van der Waals surface area contributed by atoms with Crippen molar-refractivity contribution < 1.29 is 18.7 Å². The molecule has 2 aromatic rings. The number of hydrogen-bond donors (Lipinski definition) is 2. The van der Waals surface area contributed by atoms with Crippen molar-refractivity contribution in [2.45, 2.75) is 33.2 Å². The van der Waals surface area contributed by atoms with Gasteiger partial charge in [0.15, 0.2) is 5.17 Å². The van der Waals surface area contributed by atoms with E-state index in [4.69, 9.17) is 9.73 Å². The van der Waals surface area contributed by atoms with Gasteiger partial charge in [-0.25, -0.2) is 19.0 Å². The molecule has 4 rings (SSSR count). The zero-order valence-electron chi connectivity index (χ0n) is 20.0. The lowest BCUT2D eigenvalue weighted by atomic mass is 9.94. The fourth-order valence-corrected chi connectivity index (χ4v) is 5.02. The van der Waals surface area contributed by atoms with Gasteiger partial charge in [0.2, 0.25) is 0 Å². The largest absolute Gasteiger partial charge is 0.462 e. The lowest BCUT2D eigenvalue weighted by molar-refractivity contribution is -0.140. The Morgan fingerprint density at radius 2 is 1.91 bits per heavy atom. The summed E-state index contributed by atoms with van der Waals surface area (Å²) in [5, 5.41) is 6.28. The molecule has 2 aliphatic rings. The van der Waals surface area contributed by atoms with Crippen LogP contribution < -0.4 is 10.6 Å². The second kappa shape index (κ2) is 10.9. The number of aliphatic imine (C=N–C) groups is 1. The molecule has 9 heteroatoms. The first kappa shape index (κ1) is 24.8. The molecule has 1 unspecified atom stereocenters. The van der Waals surface area contributed by atoms with Crippen LogP contribution in [0.4, 0.5) is 20.6 Å². The molecule has 184 valence electrons. The molecule has 0 saturated carbocycles. The van der Waals surface area contributed by atoms with E-state index in [0.29, 0.717) is 29.3 Å². The highest BCUT2D eigenvalue weighted by atomic mass is 32.2. The smallest absolute Gasteiger partial charge is 0.338 e. The molecule has 0 aromatic heterocycles. The molecule has 0 aliphatic carbocycles. The van der Waals surface area contributed by atoms with Crippen LogP contribution in [0.1, 0.15) is 38.8 Å². The summed E-state index contributed by atoms with van der Waals surface area (Å²) >= 11 is 1.69. The molecule has 35 heavy (non-hydrogen) atoms. The van der Waals surface area contributed by atoms with E-state index in [0.717, 1.165) is 29.4 Å². The highest BCUT2D eigenvalue weighted by Gasteiger charge is 2.38. The fourth-order valence-electron chi connectivity index (χ4n) is 4.00. The summed E-state index contributed by atoms with van der Waals surface area (Å²) in [6.07, 6.45) is 0.993. The number of thioether (sulfide) groups is 1. The van der Waals surface area contributed by atoms with Crippen LogP contribution in [-0.2, 0) is 9.53 Å². The Labute approximate surface area is 208 Å². The summed E-state index contributed by atoms with van der Waals surface area (Å²) in [4.78, 5) is 32.3. The Balaban J connectivity index is 1.54. The number of carbonyl (C=O) groups is 2. The van der Waals surface area contributed by atoms with Crippen LogP contribution in [0.5, 0.6) is 0 Å². The van der Waals surface area contributed by atoms with Gasteiger partial charge < -0.3 is 20.3 Å². The minimum atomic E-state index is -0.475. The number of ether oxygens (including phenoxy) is 1. The van der Waals surface area contributed by atoms with Gasteiger partial charge >= 0.3 is 12.0 Å². The minimum absolute atomic E-state index is 0.232. The second-order valence-corrected chi connectivity index (χ2v) is 9.96. The number of rotatable bonds is 6. The van der Waals surface area contributed by atoms with Crippen LogP contribution in [0, 0.1) is 11.7 Å². The van der Waals surface area contributed by atoms with Crippen LogP contribution in [0.15, 0.2) is 64.8 Å². The first-order chi connectivity index (χ1) is 16.8. The van der Waals surface area contributed by atoms with E-state index in [1.165, 1.54) is 18.2 Å². The first-order valence-corrected chi connectivity index (χ1v) is 12.6. The number of amides is 2. The number of hydrogen-bond acceptors (Lipinski definition) is 6. The van der Waals surface area contributed by atoms with Crippen LogP contribution in [0.3, 0.4) is 0 Å². The third-order valence-corrected chi connectivity index (χ3v) is 6.67. The molecule has 1 fully saturated rings. The van der Waals surface area contributed by atoms with Crippen molar-refractivity contribution in [3.05, 3.63) is 71.2 Å². The van der Waals surface area contributed by atoms with Gasteiger partial charge in [0.1, 0.15) is 5.82 Å². The van der Waals surface area contributed by atoms with Crippen LogP contribution in [0.2, 0.25) is 0 Å². The fraction of sp³-hybridized carbons (Fsp3) is 0.346. The van der Waals surface area contributed by atoms with E-state index in [-0.39, 0.29) is 17.9 Å². The molecule has 0 bridgehead atoms. The van der Waals surface area contributed by atoms with Crippen molar-refractivity contribution in [3.63, 3.8) is 0 Å². The lowest BCUT2D eigenvalue weighted by Crippen LogP contribution is -2.42. The van der Waals surface area contributed by atoms with E-state index < -0.39 is 11.8 Å². The van der Waals surface area contributed by atoms with Gasteiger partial charge in [-0.2, -0.15) is 0 Å². The predicted octanol–water partition coefficient (Wildman–Crippen LogP) is 5.79. The Bertz CT molecular complexity index is 1160. The molecule has 2 heterocycles. The van der Waals surface area contributed by atoms with Crippen LogP contribution >= 0.6 is 11.8 Å². The zero-order valence-corrected chi connectivity index (χ0v) is 20.8. The molecule has 2 amide bonds. The molecule has 2 N–H and O–H groups in total. The van der Waals surface area contributed by atoms with Gasteiger partial charge in [0, 0.05) is 23.7 Å². The van der Waals surface area contributed by atoms with Crippen molar-refractivity contribution in [1.82, 2.24) is 4.90 Å². The van der Waals surface area contributed by atoms with Crippen LogP contribution in [0.25, 0.3) is 0 Å². The van der Waals surface area contributed by atoms with Crippen molar-refractivity contribution in [1.29, 1.82) is 0 Å². The summed E-state index contributed by atoms with van der Waals surface area (Å²) < 4.78 is 19.0. The monoisotopic (exact) mass is 496 g/mol. The lowest BCUT2D eigenvalue weighted by Gasteiger charge is -2.40. The Hall–Kier alpha value is -3.33. The van der Waals surface area contributed by atoms with Crippen molar-refractivity contribution >= 4 is 40.3 Å². The molecule has 7 nitrogen and oxygen atoms in total. The average Bonchev–Trinajstić information content (AvgIpc) is 2.82. The Kier molecular flexibility index (Phi) is 7.75. The van der Waals surface area contributed by atoms with E-state index >= 15 is 0 Å². The molecular weight excluding hydrogens is 467 g/mol. The number of fused-ring (bicyclic) bond motifs is 1. The third kappa shape index (κ3) is 6.03. The molecule has 1 saturated heterocycles. The molecule has 2 aliphatic heterocycles. The quantitative estimate of drug-likeness (QED) is 0.495. The normalized spacial score (nSPS) is 17.6. The van der Waals surface area contributed by atoms with Gasteiger partial charge in [0.05, 0.1) is 23.9 Å². The van der Waals surface area contributed by atoms with E-state index in [2.05, 4.69) is 15.5 Å². The molecule has 0 spiro atoms. The maximum Gasteiger partial charge on any atom is 0.338 e. The topological polar surface area (TPSA) is 83.0 Å². The summed E-state index contributed by atoms with van der Waals surface area (Å²) in [6, 6.07) is 12.3. The molecule has 2 aromatic carbocycles. The summed E-state index contributed by atoms with van der Waals surface area (Å²) in [5.41, 5.74) is 3.06. The number of amidine groups is 1. The summed E-state index contributed by atoms with van der Waals surface area (Å²) in [5.74, 6) is 0.447. The van der Waals surface area contributed by atoms with E-state index in [9.17, 15) is 14.0 Å². The van der Waals surface area contributed by atoms with Crippen molar-refractivity contribution in [3.8, 4) is 0 Å². The highest BCUT2D eigenvalue weighted by molar-refractivity contribution is 8.13. The number of nitrogens with one attached hydrogen (secondary N) is 2. The number of urea groups is 1. The second-order valence-electron chi connectivity index (χ2n) is 8.90. The SMILES string of the molecule is CC1=C(C(=O)OCC(C)C)C(c2ccc(NC(=O)Nc3cccc(F)c3)cc2)N2CCCSC2=N1. The number of benzene rings is 2. The molecular formula is C26H29FN4O3S. The number of halogens is 1. The number of esters is 1. The zero-order chi connectivity index (χ0) is 24.9. The van der Waals surface area contributed by atoms with E-state index in [1.807, 2.05) is 32.9 Å². The van der Waals surface area contributed by atoms with Crippen LogP contribution in [-0.4, -0.2) is 41.0 Å². The van der Waals surface area contributed by atoms with Crippen molar-refractivity contribution in [2.24, 2.45) is 10.9 Å². The number of anilines is 2. The summed E-state index contributed by atoms with van der Waals surface area (Å²) in [7, 11) is 0. The van der Waals surface area contributed by atoms with Crippen molar-refractivity contribution in [2.75, 3.05) is 29.5 Å². The molecule has 1 atom stereocenters. The highest BCUT2D eigenvalue weighted by Crippen LogP contribution is 2.40. The van der Waals surface area contributed by atoms with E-state index in [1.54, 1.807) is 30.0 Å². The Morgan fingerprint density at radius 3 is 2.63 bits per heavy atom. The van der Waals surface area contributed by atoms with Gasteiger partial charge in [0.25, 0.3) is 0 Å². The summed E-state index contributed by atoms with van der Waals surface area (Å²) in [6.45, 7) is 6.99. The number of carbonyl (C=O) groups excluding carboxylic acids is 2. The number of allylic oxidation sites excluding steroid dienone is 1. The minimum Gasteiger partial charge on any atom is -0.462 e.